The van der Waals surface area contributed by atoms with Crippen molar-refractivity contribution in [3.63, 3.8) is 0 Å². The second-order valence-corrected chi connectivity index (χ2v) is 6.11. The average Bonchev–Trinajstić information content (AvgIpc) is 3.19. The largest absolute Gasteiger partial charge is 0.469 e. The molecule has 1 aromatic heterocycles. The van der Waals surface area contributed by atoms with Crippen LogP contribution in [0, 0.1) is 0 Å². The van der Waals surface area contributed by atoms with E-state index >= 15 is 0 Å². The Bertz CT molecular complexity index is 1080. The minimum atomic E-state index is -0.873. The van der Waals surface area contributed by atoms with Crippen molar-refractivity contribution in [2.75, 3.05) is 7.11 Å². The predicted octanol–water partition coefficient (Wildman–Crippen LogP) is 2.14. The van der Waals surface area contributed by atoms with Gasteiger partial charge in [-0.2, -0.15) is 0 Å². The van der Waals surface area contributed by atoms with E-state index in [-0.39, 0.29) is 17.5 Å². The van der Waals surface area contributed by atoms with Crippen molar-refractivity contribution in [3.8, 4) is 5.69 Å². The molecular weight excluding hydrogens is 348 g/mol. The smallest absolute Gasteiger partial charge is 0.339 e. The van der Waals surface area contributed by atoms with Gasteiger partial charge in [0.05, 0.1) is 36.0 Å². The molecule has 0 saturated heterocycles. The van der Waals surface area contributed by atoms with E-state index in [1.165, 1.54) is 11.8 Å². The number of cyclic esters (lactones) is 1. The molecule has 136 valence electrons. The molecule has 0 bridgehead atoms. The molecule has 2 aromatic carbocycles. The van der Waals surface area contributed by atoms with Crippen molar-refractivity contribution >= 4 is 11.9 Å². The first-order valence-corrected chi connectivity index (χ1v) is 8.36. The predicted molar refractivity (Wildman–Crippen MR) is 95.8 cm³/mol. The molecule has 0 fully saturated rings. The van der Waals surface area contributed by atoms with Crippen LogP contribution >= 0.6 is 0 Å². The van der Waals surface area contributed by atoms with E-state index in [1.54, 1.807) is 48.5 Å². The maximum Gasteiger partial charge on any atom is 0.339 e. The summed E-state index contributed by atoms with van der Waals surface area (Å²) in [5, 5.41) is 2.97. The third kappa shape index (κ3) is 2.83. The van der Waals surface area contributed by atoms with Gasteiger partial charge in [-0.1, -0.05) is 36.4 Å². The van der Waals surface area contributed by atoms with Gasteiger partial charge in [0.2, 0.25) is 0 Å². The SMILES string of the molecule is COC(=O)Cc1[nH]n(-c2ccccc2)c(=O)c1[C@@H]1OC(=O)c2ccccc21. The summed E-state index contributed by atoms with van der Waals surface area (Å²) in [6.07, 6.45) is -1.01. The zero-order chi connectivity index (χ0) is 19.0. The quantitative estimate of drug-likeness (QED) is 0.717. The van der Waals surface area contributed by atoms with Crippen molar-refractivity contribution in [3.05, 3.63) is 87.3 Å². The number of H-pyrrole nitrogens is 1. The van der Waals surface area contributed by atoms with Crippen LogP contribution in [-0.2, 0) is 20.7 Å². The molecule has 2 heterocycles. The Labute approximate surface area is 154 Å². The number of carbonyl (C=O) groups excluding carboxylic acids is 2. The lowest BCUT2D eigenvalue weighted by Gasteiger charge is -2.10. The van der Waals surface area contributed by atoms with Gasteiger partial charge < -0.3 is 9.47 Å². The van der Waals surface area contributed by atoms with Crippen molar-refractivity contribution in [1.29, 1.82) is 0 Å². The Morgan fingerprint density at radius 3 is 2.56 bits per heavy atom. The van der Waals surface area contributed by atoms with E-state index < -0.39 is 18.0 Å². The average molecular weight is 364 g/mol. The molecule has 1 atom stereocenters. The number of hydrogen-bond acceptors (Lipinski definition) is 5. The fourth-order valence-corrected chi connectivity index (χ4v) is 3.24. The minimum Gasteiger partial charge on any atom is -0.469 e. The number of fused-ring (bicyclic) bond motifs is 1. The molecule has 0 amide bonds. The molecule has 1 aliphatic rings. The summed E-state index contributed by atoms with van der Waals surface area (Å²) in [5.74, 6) is -0.998. The van der Waals surface area contributed by atoms with Crippen LogP contribution in [-0.4, -0.2) is 28.8 Å². The number of hydrogen-bond donors (Lipinski definition) is 1. The minimum absolute atomic E-state index is 0.142. The summed E-state index contributed by atoms with van der Waals surface area (Å²) in [4.78, 5) is 37.2. The van der Waals surface area contributed by atoms with Crippen LogP contribution in [0.3, 0.4) is 0 Å². The highest BCUT2D eigenvalue weighted by Gasteiger charge is 2.37. The first-order valence-electron chi connectivity index (χ1n) is 8.36. The van der Waals surface area contributed by atoms with E-state index in [4.69, 9.17) is 9.47 Å². The number of aromatic nitrogens is 2. The molecule has 0 aliphatic carbocycles. The van der Waals surface area contributed by atoms with Crippen LogP contribution in [0.25, 0.3) is 5.69 Å². The number of nitrogens with one attached hydrogen (secondary N) is 1. The summed E-state index contributed by atoms with van der Waals surface area (Å²) in [6.45, 7) is 0. The lowest BCUT2D eigenvalue weighted by atomic mass is 9.98. The highest BCUT2D eigenvalue weighted by molar-refractivity contribution is 5.94. The van der Waals surface area contributed by atoms with Crippen molar-refractivity contribution in [2.45, 2.75) is 12.5 Å². The number of para-hydroxylation sites is 1. The van der Waals surface area contributed by atoms with E-state index in [1.807, 2.05) is 6.07 Å². The number of ether oxygens (including phenoxy) is 2. The molecule has 0 unspecified atom stereocenters. The number of benzene rings is 2. The first-order chi connectivity index (χ1) is 13.1. The molecule has 3 aromatic rings. The van der Waals surface area contributed by atoms with Gasteiger partial charge in [0, 0.05) is 5.56 Å². The molecular formula is C20H16N2O5. The van der Waals surface area contributed by atoms with Crippen LogP contribution in [0.15, 0.2) is 59.4 Å². The van der Waals surface area contributed by atoms with Crippen LogP contribution in [0.4, 0.5) is 0 Å². The van der Waals surface area contributed by atoms with Gasteiger partial charge in [-0.3, -0.25) is 14.7 Å². The second kappa shape index (κ2) is 6.60. The summed E-state index contributed by atoms with van der Waals surface area (Å²) < 4.78 is 11.6. The van der Waals surface area contributed by atoms with E-state index in [0.29, 0.717) is 22.5 Å². The Morgan fingerprint density at radius 1 is 1.11 bits per heavy atom. The molecule has 1 aliphatic heterocycles. The zero-order valence-corrected chi connectivity index (χ0v) is 14.5. The summed E-state index contributed by atoms with van der Waals surface area (Å²) in [6, 6.07) is 15.9. The number of methoxy groups -OCH3 is 1. The van der Waals surface area contributed by atoms with Gasteiger partial charge in [0.15, 0.2) is 6.10 Å². The topological polar surface area (TPSA) is 90.4 Å². The Balaban J connectivity index is 1.89. The lowest BCUT2D eigenvalue weighted by molar-refractivity contribution is -0.139. The number of carbonyl (C=O) groups is 2. The first kappa shape index (κ1) is 16.8. The molecule has 4 rings (SSSR count). The third-order valence-electron chi connectivity index (χ3n) is 4.52. The summed E-state index contributed by atoms with van der Waals surface area (Å²) in [7, 11) is 1.28. The Kier molecular flexibility index (Phi) is 4.12. The summed E-state index contributed by atoms with van der Waals surface area (Å²) in [5.41, 5.74) is 1.82. The van der Waals surface area contributed by atoms with Gasteiger partial charge in [-0.25, -0.2) is 9.48 Å². The number of nitrogens with zero attached hydrogens (tertiary/aromatic N) is 1. The number of aromatic amines is 1. The third-order valence-corrected chi connectivity index (χ3v) is 4.52. The Morgan fingerprint density at radius 2 is 1.81 bits per heavy atom. The zero-order valence-electron chi connectivity index (χ0n) is 14.5. The molecule has 27 heavy (non-hydrogen) atoms. The van der Waals surface area contributed by atoms with E-state index in [0.717, 1.165) is 0 Å². The van der Waals surface area contributed by atoms with Gasteiger partial charge in [-0.15, -0.1) is 0 Å². The van der Waals surface area contributed by atoms with E-state index in [9.17, 15) is 14.4 Å². The van der Waals surface area contributed by atoms with E-state index in [2.05, 4.69) is 5.10 Å². The van der Waals surface area contributed by atoms with Crippen LogP contribution in [0.2, 0.25) is 0 Å². The van der Waals surface area contributed by atoms with Crippen molar-refractivity contribution < 1.29 is 19.1 Å². The van der Waals surface area contributed by atoms with Crippen LogP contribution < -0.4 is 5.56 Å². The normalized spacial score (nSPS) is 15.3. The Hall–Kier alpha value is -3.61. The highest BCUT2D eigenvalue weighted by Crippen LogP contribution is 2.35. The molecule has 1 N–H and O–H groups in total. The van der Waals surface area contributed by atoms with Crippen molar-refractivity contribution in [2.24, 2.45) is 0 Å². The van der Waals surface area contributed by atoms with Gasteiger partial charge >= 0.3 is 11.9 Å². The maximum absolute atomic E-state index is 13.2. The number of rotatable bonds is 4. The second-order valence-electron chi connectivity index (χ2n) is 6.11. The van der Waals surface area contributed by atoms with Crippen LogP contribution in [0.5, 0.6) is 0 Å². The van der Waals surface area contributed by atoms with Gasteiger partial charge in [0.25, 0.3) is 5.56 Å². The van der Waals surface area contributed by atoms with Gasteiger partial charge in [-0.05, 0) is 18.2 Å². The fraction of sp³-hybridized carbons (Fsp3) is 0.150. The molecule has 7 nitrogen and oxygen atoms in total. The summed E-state index contributed by atoms with van der Waals surface area (Å²) >= 11 is 0. The lowest BCUT2D eigenvalue weighted by Crippen LogP contribution is -2.20. The standard InChI is InChI=1S/C20H16N2O5/c1-26-16(23)11-15-17(18-13-9-5-6-10-14(13)20(25)27-18)19(24)22(21-15)12-7-3-2-4-8-12/h2-10,18,21H,11H2,1H3/t18-/m1/s1. The number of esters is 2. The molecule has 7 heteroatoms. The van der Waals surface area contributed by atoms with Crippen LogP contribution in [0.1, 0.15) is 33.3 Å². The van der Waals surface area contributed by atoms with Gasteiger partial charge in [0.1, 0.15) is 0 Å². The molecule has 0 spiro atoms. The van der Waals surface area contributed by atoms with Crippen molar-refractivity contribution in [1.82, 2.24) is 9.78 Å². The molecule has 0 saturated carbocycles. The fourth-order valence-electron chi connectivity index (χ4n) is 3.24. The molecule has 0 radical (unpaired) electrons. The highest BCUT2D eigenvalue weighted by atomic mass is 16.5. The maximum atomic E-state index is 13.2. The monoisotopic (exact) mass is 364 g/mol.